The largest absolute Gasteiger partial charge is 0.392 e. The summed E-state index contributed by atoms with van der Waals surface area (Å²) >= 11 is 1.36. The Morgan fingerprint density at radius 2 is 2.11 bits per heavy atom. The number of nitrogens with one attached hydrogen (secondary N) is 1. The maximum absolute atomic E-state index is 13.3. The summed E-state index contributed by atoms with van der Waals surface area (Å²) in [5, 5.41) is 21.2. The van der Waals surface area contributed by atoms with Gasteiger partial charge in [0.05, 0.1) is 6.10 Å². The minimum absolute atomic E-state index is 0.00322. The fourth-order valence-electron chi connectivity index (χ4n) is 2.95. The lowest BCUT2D eigenvalue weighted by atomic mass is 9.96. The van der Waals surface area contributed by atoms with Crippen molar-refractivity contribution in [1.82, 2.24) is 15.5 Å². The molecule has 0 bridgehead atoms. The van der Waals surface area contributed by atoms with Crippen LogP contribution >= 0.6 is 11.8 Å². The lowest BCUT2D eigenvalue weighted by Crippen LogP contribution is -2.42. The van der Waals surface area contributed by atoms with Gasteiger partial charge in [0.25, 0.3) is 0 Å². The zero-order valence-electron chi connectivity index (χ0n) is 15.1. The molecule has 0 aliphatic carbocycles. The third-order valence-corrected chi connectivity index (χ3v) is 5.32. The summed E-state index contributed by atoms with van der Waals surface area (Å²) in [5.41, 5.74) is 0. The van der Waals surface area contributed by atoms with Gasteiger partial charge in [0, 0.05) is 30.4 Å². The summed E-state index contributed by atoms with van der Waals surface area (Å²) in [5.74, 6) is 0.477. The average molecular weight is 390 g/mol. The maximum Gasteiger partial charge on any atom is 0.223 e. The molecule has 144 valence electrons. The van der Waals surface area contributed by atoms with Crippen molar-refractivity contribution in [3.63, 3.8) is 0 Å². The Hall–Kier alpha value is -2.19. The number of halogens is 1. The van der Waals surface area contributed by atoms with Crippen LogP contribution in [-0.4, -0.2) is 46.9 Å². The number of carbonyl (C=O) groups excluding carboxylic acids is 1. The number of hydrogen-bond donors (Lipinski definition) is 2. The highest BCUT2D eigenvalue weighted by Gasteiger charge is 2.25. The third kappa shape index (κ3) is 5.64. The highest BCUT2D eigenvalue weighted by Crippen LogP contribution is 2.27. The van der Waals surface area contributed by atoms with Crippen LogP contribution in [0.2, 0.25) is 0 Å². The first kappa shape index (κ1) is 19.6. The molecule has 1 fully saturated rings. The minimum Gasteiger partial charge on any atom is -0.392 e. The summed E-state index contributed by atoms with van der Waals surface area (Å²) < 4.78 is 13.3. The molecule has 0 radical (unpaired) electrons. The van der Waals surface area contributed by atoms with Crippen molar-refractivity contribution in [2.45, 2.75) is 35.8 Å². The van der Waals surface area contributed by atoms with E-state index in [2.05, 4.69) is 20.4 Å². The van der Waals surface area contributed by atoms with Crippen molar-refractivity contribution in [2.75, 3.05) is 24.5 Å². The van der Waals surface area contributed by atoms with Crippen LogP contribution in [0.1, 0.15) is 19.8 Å². The van der Waals surface area contributed by atoms with E-state index in [0.29, 0.717) is 5.03 Å². The number of piperidine rings is 1. The highest BCUT2D eigenvalue weighted by atomic mass is 32.2. The standard InChI is InChI=1S/C19H23FN4O2S/c1-13(25)12-21-19(26)14-7-9-24(10-8-14)17-5-6-18(23-22-17)27-16-4-2-3-15(20)11-16/h2-6,11,13-14,25H,7-10,12H2,1H3,(H,21,26)/t13-/m1/s1. The van der Waals surface area contributed by atoms with E-state index < -0.39 is 6.10 Å². The highest BCUT2D eigenvalue weighted by molar-refractivity contribution is 7.99. The number of carbonyl (C=O) groups is 1. The van der Waals surface area contributed by atoms with Gasteiger partial charge >= 0.3 is 0 Å². The van der Waals surface area contributed by atoms with Crippen molar-refractivity contribution in [3.05, 3.63) is 42.2 Å². The van der Waals surface area contributed by atoms with Crippen molar-refractivity contribution in [2.24, 2.45) is 5.92 Å². The van der Waals surface area contributed by atoms with E-state index in [9.17, 15) is 14.3 Å². The number of amides is 1. The predicted octanol–water partition coefficient (Wildman–Crippen LogP) is 2.48. The SMILES string of the molecule is C[C@@H](O)CNC(=O)C1CCN(c2ccc(Sc3cccc(F)c3)nn2)CC1. The van der Waals surface area contributed by atoms with Crippen molar-refractivity contribution < 1.29 is 14.3 Å². The number of nitrogens with zero attached hydrogens (tertiary/aromatic N) is 3. The normalized spacial score (nSPS) is 16.2. The Labute approximate surface area is 162 Å². The molecule has 1 aliphatic rings. The number of aliphatic hydroxyl groups excluding tert-OH is 1. The van der Waals surface area contributed by atoms with E-state index in [1.165, 1.54) is 23.9 Å². The van der Waals surface area contributed by atoms with Crippen LogP contribution in [0.3, 0.4) is 0 Å². The molecule has 3 rings (SSSR count). The van der Waals surface area contributed by atoms with Crippen LogP contribution in [0, 0.1) is 11.7 Å². The average Bonchev–Trinajstić information content (AvgIpc) is 2.67. The van der Waals surface area contributed by atoms with Gasteiger partial charge < -0.3 is 15.3 Å². The molecular weight excluding hydrogens is 367 g/mol. The fourth-order valence-corrected chi connectivity index (χ4v) is 3.73. The molecule has 8 heteroatoms. The monoisotopic (exact) mass is 390 g/mol. The Kier molecular flexibility index (Phi) is 6.63. The molecule has 6 nitrogen and oxygen atoms in total. The first-order valence-electron chi connectivity index (χ1n) is 8.99. The molecule has 1 atom stereocenters. The number of rotatable bonds is 6. The molecular formula is C19H23FN4O2S. The molecule has 1 saturated heterocycles. The summed E-state index contributed by atoms with van der Waals surface area (Å²) in [6.07, 6.45) is 0.952. The Bertz CT molecular complexity index is 765. The van der Waals surface area contributed by atoms with E-state index in [1.807, 2.05) is 18.2 Å². The molecule has 2 aromatic rings. The van der Waals surface area contributed by atoms with E-state index >= 15 is 0 Å². The Balaban J connectivity index is 1.52. The molecule has 0 spiro atoms. The molecule has 1 amide bonds. The Morgan fingerprint density at radius 1 is 1.33 bits per heavy atom. The van der Waals surface area contributed by atoms with E-state index in [0.717, 1.165) is 36.6 Å². The van der Waals surface area contributed by atoms with Crippen LogP contribution in [0.5, 0.6) is 0 Å². The molecule has 0 unspecified atom stereocenters. The first-order valence-corrected chi connectivity index (χ1v) is 9.81. The lowest BCUT2D eigenvalue weighted by Gasteiger charge is -2.31. The van der Waals surface area contributed by atoms with Crippen molar-refractivity contribution in [3.8, 4) is 0 Å². The van der Waals surface area contributed by atoms with Crippen LogP contribution in [-0.2, 0) is 4.79 Å². The van der Waals surface area contributed by atoms with Crippen LogP contribution in [0.15, 0.2) is 46.3 Å². The van der Waals surface area contributed by atoms with Crippen molar-refractivity contribution >= 4 is 23.5 Å². The molecule has 1 aliphatic heterocycles. The summed E-state index contributed by atoms with van der Waals surface area (Å²) in [7, 11) is 0. The third-order valence-electron chi connectivity index (χ3n) is 4.41. The van der Waals surface area contributed by atoms with Gasteiger partial charge in [-0.05, 0) is 50.1 Å². The molecule has 27 heavy (non-hydrogen) atoms. The molecule has 0 saturated carbocycles. The van der Waals surface area contributed by atoms with Gasteiger partial charge in [0.1, 0.15) is 10.8 Å². The van der Waals surface area contributed by atoms with E-state index in [-0.39, 0.29) is 24.2 Å². The lowest BCUT2D eigenvalue weighted by molar-refractivity contribution is -0.126. The second-order valence-corrected chi connectivity index (χ2v) is 7.74. The van der Waals surface area contributed by atoms with Crippen molar-refractivity contribution in [1.29, 1.82) is 0 Å². The number of anilines is 1. The van der Waals surface area contributed by atoms with Gasteiger partial charge in [-0.1, -0.05) is 17.8 Å². The number of aliphatic hydroxyl groups is 1. The molecule has 2 N–H and O–H groups in total. The van der Waals surface area contributed by atoms with Crippen LogP contribution < -0.4 is 10.2 Å². The number of hydrogen-bond acceptors (Lipinski definition) is 6. The topological polar surface area (TPSA) is 78.4 Å². The maximum atomic E-state index is 13.3. The summed E-state index contributed by atoms with van der Waals surface area (Å²) in [4.78, 5) is 15.0. The van der Waals surface area contributed by atoms with E-state index in [4.69, 9.17) is 0 Å². The predicted molar refractivity (Wildman–Crippen MR) is 102 cm³/mol. The fraction of sp³-hybridized carbons (Fsp3) is 0.421. The summed E-state index contributed by atoms with van der Waals surface area (Å²) in [6.45, 7) is 3.41. The quantitative estimate of drug-likeness (QED) is 0.789. The van der Waals surface area contributed by atoms with Gasteiger partial charge in [-0.3, -0.25) is 4.79 Å². The van der Waals surface area contributed by atoms with Gasteiger partial charge in [-0.2, -0.15) is 0 Å². The van der Waals surface area contributed by atoms with Gasteiger partial charge in [-0.15, -0.1) is 10.2 Å². The van der Waals surface area contributed by atoms with Crippen LogP contribution in [0.25, 0.3) is 0 Å². The van der Waals surface area contributed by atoms with E-state index in [1.54, 1.807) is 13.0 Å². The van der Waals surface area contributed by atoms with Crippen LogP contribution in [0.4, 0.5) is 10.2 Å². The molecule has 1 aromatic carbocycles. The van der Waals surface area contributed by atoms with Gasteiger partial charge in [-0.25, -0.2) is 4.39 Å². The molecule has 2 heterocycles. The summed E-state index contributed by atoms with van der Waals surface area (Å²) in [6, 6.07) is 10.2. The zero-order valence-corrected chi connectivity index (χ0v) is 16.0. The Morgan fingerprint density at radius 3 is 2.74 bits per heavy atom. The first-order chi connectivity index (χ1) is 13.0. The van der Waals surface area contributed by atoms with Gasteiger partial charge in [0.15, 0.2) is 5.82 Å². The second kappa shape index (κ2) is 9.14. The number of aromatic nitrogens is 2. The second-order valence-electron chi connectivity index (χ2n) is 6.64. The number of benzene rings is 1. The smallest absolute Gasteiger partial charge is 0.223 e. The zero-order chi connectivity index (χ0) is 19.2. The van der Waals surface area contributed by atoms with Gasteiger partial charge in [0.2, 0.25) is 5.91 Å². The molecule has 1 aromatic heterocycles. The minimum atomic E-state index is -0.534.